The Bertz CT molecular complexity index is 298. The Balaban J connectivity index is 1.66. The summed E-state index contributed by atoms with van der Waals surface area (Å²) in [5.74, 6) is 0.860. The van der Waals surface area contributed by atoms with Crippen molar-refractivity contribution in [3.63, 3.8) is 0 Å². The first kappa shape index (κ1) is 12.9. The maximum absolute atomic E-state index is 3.87. The Labute approximate surface area is 113 Å². The fourth-order valence-electron chi connectivity index (χ4n) is 4.18. The molecule has 1 heterocycles. The van der Waals surface area contributed by atoms with Gasteiger partial charge >= 0.3 is 0 Å². The molecule has 3 aliphatic rings. The number of piperazine rings is 1. The number of nitrogens with zero attached hydrogens (tertiary/aromatic N) is 1. The predicted molar refractivity (Wildman–Crippen MR) is 76.7 cm³/mol. The molecule has 0 aromatic heterocycles. The summed E-state index contributed by atoms with van der Waals surface area (Å²) in [4.78, 5) is 2.81. The second-order valence-electron chi connectivity index (χ2n) is 7.64. The van der Waals surface area contributed by atoms with E-state index in [4.69, 9.17) is 0 Å². The molecule has 2 aliphatic carbocycles. The van der Waals surface area contributed by atoms with Crippen LogP contribution in [0.3, 0.4) is 0 Å². The lowest BCUT2D eigenvalue weighted by Gasteiger charge is -2.47. The smallest absolute Gasteiger partial charge is 0.0309 e. The zero-order valence-electron chi connectivity index (χ0n) is 12.5. The summed E-state index contributed by atoms with van der Waals surface area (Å²) in [6.07, 6.45) is 8.62. The van der Waals surface area contributed by atoms with E-state index in [2.05, 4.69) is 31.0 Å². The second kappa shape index (κ2) is 4.49. The Hall–Kier alpha value is -0.0800. The van der Waals surface area contributed by atoms with E-state index in [-0.39, 0.29) is 0 Å². The first-order valence-electron chi connectivity index (χ1n) is 8.04. The molecule has 3 fully saturated rings. The van der Waals surface area contributed by atoms with Gasteiger partial charge in [0.25, 0.3) is 0 Å². The van der Waals surface area contributed by atoms with Crippen LogP contribution in [-0.2, 0) is 0 Å². The molecule has 18 heavy (non-hydrogen) atoms. The van der Waals surface area contributed by atoms with Crippen LogP contribution in [0.1, 0.15) is 59.3 Å². The standard InChI is InChI=1S/C16H30N2/c1-13(2)15(8-9-15)11-18-12-16(6-4-5-7-16)17-10-14(18)3/h13-14,17H,4-12H2,1-3H3. The Kier molecular flexibility index (Phi) is 3.22. The molecule has 1 N–H and O–H groups in total. The van der Waals surface area contributed by atoms with Crippen molar-refractivity contribution >= 4 is 0 Å². The molecule has 0 bridgehead atoms. The molecule has 0 aromatic carbocycles. The van der Waals surface area contributed by atoms with Crippen LogP contribution in [-0.4, -0.2) is 36.1 Å². The van der Waals surface area contributed by atoms with E-state index >= 15 is 0 Å². The molecule has 1 spiro atoms. The summed E-state index contributed by atoms with van der Waals surface area (Å²) in [7, 11) is 0. The molecular weight excluding hydrogens is 220 g/mol. The van der Waals surface area contributed by atoms with E-state index in [1.54, 1.807) is 0 Å². The molecule has 1 aliphatic heterocycles. The van der Waals surface area contributed by atoms with Gasteiger partial charge in [-0.15, -0.1) is 0 Å². The van der Waals surface area contributed by atoms with Gasteiger partial charge in [-0.05, 0) is 43.9 Å². The van der Waals surface area contributed by atoms with Crippen molar-refractivity contribution in [2.45, 2.75) is 70.9 Å². The molecule has 0 radical (unpaired) electrons. The largest absolute Gasteiger partial charge is 0.308 e. The van der Waals surface area contributed by atoms with E-state index in [0.29, 0.717) is 11.0 Å². The van der Waals surface area contributed by atoms with Gasteiger partial charge in [0.1, 0.15) is 0 Å². The number of nitrogens with one attached hydrogen (secondary N) is 1. The number of hydrogen-bond acceptors (Lipinski definition) is 2. The summed E-state index contributed by atoms with van der Waals surface area (Å²) < 4.78 is 0. The summed E-state index contributed by atoms with van der Waals surface area (Å²) in [5, 5.41) is 3.87. The van der Waals surface area contributed by atoms with Gasteiger partial charge in [0.15, 0.2) is 0 Å². The van der Waals surface area contributed by atoms with Gasteiger partial charge in [0.2, 0.25) is 0 Å². The van der Waals surface area contributed by atoms with Crippen molar-refractivity contribution in [2.75, 3.05) is 19.6 Å². The highest BCUT2D eigenvalue weighted by Crippen LogP contribution is 2.53. The third kappa shape index (κ3) is 2.22. The minimum absolute atomic E-state index is 0.486. The van der Waals surface area contributed by atoms with Crippen LogP contribution in [0.2, 0.25) is 0 Å². The molecule has 104 valence electrons. The van der Waals surface area contributed by atoms with Crippen LogP contribution in [0.5, 0.6) is 0 Å². The Morgan fingerprint density at radius 1 is 1.17 bits per heavy atom. The van der Waals surface area contributed by atoms with Crippen LogP contribution in [0.25, 0.3) is 0 Å². The van der Waals surface area contributed by atoms with E-state index in [0.717, 1.165) is 12.0 Å². The molecule has 0 amide bonds. The van der Waals surface area contributed by atoms with Crippen molar-refractivity contribution in [1.82, 2.24) is 10.2 Å². The third-order valence-electron chi connectivity index (χ3n) is 6.10. The molecule has 1 unspecified atom stereocenters. The zero-order valence-corrected chi connectivity index (χ0v) is 12.5. The Morgan fingerprint density at radius 3 is 2.39 bits per heavy atom. The first-order chi connectivity index (χ1) is 8.55. The second-order valence-corrected chi connectivity index (χ2v) is 7.64. The van der Waals surface area contributed by atoms with Gasteiger partial charge in [-0.3, -0.25) is 4.90 Å². The fraction of sp³-hybridized carbons (Fsp3) is 1.00. The minimum atomic E-state index is 0.486. The van der Waals surface area contributed by atoms with Crippen LogP contribution in [0, 0.1) is 11.3 Å². The Morgan fingerprint density at radius 2 is 1.83 bits per heavy atom. The van der Waals surface area contributed by atoms with Crippen molar-refractivity contribution in [1.29, 1.82) is 0 Å². The average Bonchev–Trinajstić information content (AvgIpc) is 2.99. The topological polar surface area (TPSA) is 15.3 Å². The van der Waals surface area contributed by atoms with Crippen molar-refractivity contribution in [2.24, 2.45) is 11.3 Å². The lowest BCUT2D eigenvalue weighted by atomic mass is 9.88. The maximum Gasteiger partial charge on any atom is 0.0309 e. The van der Waals surface area contributed by atoms with Crippen LogP contribution >= 0.6 is 0 Å². The number of rotatable bonds is 3. The third-order valence-corrected chi connectivity index (χ3v) is 6.10. The van der Waals surface area contributed by atoms with Crippen LogP contribution in [0.4, 0.5) is 0 Å². The van der Waals surface area contributed by atoms with E-state index in [1.807, 2.05) is 0 Å². The van der Waals surface area contributed by atoms with Crippen molar-refractivity contribution in [3.8, 4) is 0 Å². The van der Waals surface area contributed by atoms with Gasteiger partial charge < -0.3 is 5.32 Å². The normalized spacial score (nSPS) is 34.3. The lowest BCUT2D eigenvalue weighted by Crippen LogP contribution is -2.63. The molecule has 3 rings (SSSR count). The molecule has 2 saturated carbocycles. The van der Waals surface area contributed by atoms with Gasteiger partial charge in [-0.1, -0.05) is 26.7 Å². The van der Waals surface area contributed by atoms with Crippen LogP contribution in [0.15, 0.2) is 0 Å². The summed E-state index contributed by atoms with van der Waals surface area (Å²) >= 11 is 0. The highest BCUT2D eigenvalue weighted by Gasteiger charge is 2.49. The quantitative estimate of drug-likeness (QED) is 0.828. The van der Waals surface area contributed by atoms with Gasteiger partial charge in [-0.2, -0.15) is 0 Å². The van der Waals surface area contributed by atoms with Gasteiger partial charge in [-0.25, -0.2) is 0 Å². The minimum Gasteiger partial charge on any atom is -0.308 e. The highest BCUT2D eigenvalue weighted by molar-refractivity contribution is 5.04. The van der Waals surface area contributed by atoms with Gasteiger partial charge in [0, 0.05) is 31.2 Å². The fourth-order valence-corrected chi connectivity index (χ4v) is 4.18. The predicted octanol–water partition coefficient (Wildman–Crippen LogP) is 3.03. The monoisotopic (exact) mass is 250 g/mol. The maximum atomic E-state index is 3.87. The van der Waals surface area contributed by atoms with Crippen LogP contribution < -0.4 is 5.32 Å². The molecule has 0 aromatic rings. The highest BCUT2D eigenvalue weighted by atomic mass is 15.3. The summed E-state index contributed by atoms with van der Waals surface area (Å²) in [6, 6.07) is 0.729. The summed E-state index contributed by atoms with van der Waals surface area (Å²) in [6.45, 7) is 11.1. The zero-order chi connectivity index (χ0) is 12.8. The number of hydrogen-bond donors (Lipinski definition) is 1. The van der Waals surface area contributed by atoms with Crippen molar-refractivity contribution < 1.29 is 0 Å². The van der Waals surface area contributed by atoms with E-state index in [1.165, 1.54) is 58.2 Å². The molecule has 2 heteroatoms. The van der Waals surface area contributed by atoms with E-state index < -0.39 is 0 Å². The molecule has 1 atom stereocenters. The lowest BCUT2D eigenvalue weighted by molar-refractivity contribution is 0.0604. The van der Waals surface area contributed by atoms with Gasteiger partial charge in [0.05, 0.1) is 0 Å². The molecule has 1 saturated heterocycles. The van der Waals surface area contributed by atoms with Crippen molar-refractivity contribution in [3.05, 3.63) is 0 Å². The van der Waals surface area contributed by atoms with E-state index in [9.17, 15) is 0 Å². The molecular formula is C16H30N2. The molecule has 2 nitrogen and oxygen atoms in total. The average molecular weight is 250 g/mol. The first-order valence-corrected chi connectivity index (χ1v) is 8.04. The summed E-state index contributed by atoms with van der Waals surface area (Å²) in [5.41, 5.74) is 1.16. The SMILES string of the molecule is CC1CNC2(CCCC2)CN1CC1(C(C)C)CC1.